The lowest BCUT2D eigenvalue weighted by atomic mass is 10.1. The number of hydrogen-bond acceptors (Lipinski definition) is 6. The van der Waals surface area contributed by atoms with E-state index in [9.17, 15) is 9.59 Å². The van der Waals surface area contributed by atoms with Gasteiger partial charge in [-0.1, -0.05) is 5.16 Å². The number of esters is 1. The summed E-state index contributed by atoms with van der Waals surface area (Å²) in [6.07, 6.45) is 0.453. The van der Waals surface area contributed by atoms with Crippen LogP contribution in [0.1, 0.15) is 27.6 Å². The molecule has 8 heteroatoms. The second-order valence-electron chi connectivity index (χ2n) is 4.89. The summed E-state index contributed by atoms with van der Waals surface area (Å²) in [6.45, 7) is 3.89. The molecule has 2 N–H and O–H groups in total. The topological polar surface area (TPSA) is 106 Å². The van der Waals surface area contributed by atoms with E-state index in [0.29, 0.717) is 35.9 Å². The zero-order chi connectivity index (χ0) is 16.8. The Labute approximate surface area is 133 Å². The van der Waals surface area contributed by atoms with E-state index >= 15 is 0 Å². The SMILES string of the molecule is COC(=O)c1ccc(NC(=O)NCCc2nc(C)no2)c(C)c1. The smallest absolute Gasteiger partial charge is 0.337 e. The molecule has 0 aliphatic rings. The molecule has 1 aromatic carbocycles. The number of methoxy groups -OCH3 is 1. The average molecular weight is 318 g/mol. The van der Waals surface area contributed by atoms with Gasteiger partial charge in [-0.25, -0.2) is 9.59 Å². The van der Waals surface area contributed by atoms with Crippen molar-refractivity contribution in [3.05, 3.63) is 41.0 Å². The number of aromatic nitrogens is 2. The minimum atomic E-state index is -0.418. The van der Waals surface area contributed by atoms with Gasteiger partial charge in [0, 0.05) is 18.7 Å². The normalized spacial score (nSPS) is 10.2. The van der Waals surface area contributed by atoms with Crippen LogP contribution in [0.2, 0.25) is 0 Å². The second-order valence-corrected chi connectivity index (χ2v) is 4.89. The van der Waals surface area contributed by atoms with E-state index in [4.69, 9.17) is 4.52 Å². The van der Waals surface area contributed by atoms with Crippen molar-refractivity contribution in [1.29, 1.82) is 0 Å². The highest BCUT2D eigenvalue weighted by Crippen LogP contribution is 2.17. The summed E-state index contributed by atoms with van der Waals surface area (Å²) in [4.78, 5) is 27.3. The third-order valence-corrected chi connectivity index (χ3v) is 3.09. The van der Waals surface area contributed by atoms with E-state index in [1.807, 2.05) is 0 Å². The van der Waals surface area contributed by atoms with E-state index in [1.54, 1.807) is 32.0 Å². The number of hydrogen-bond donors (Lipinski definition) is 2. The second kappa shape index (κ2) is 7.39. The Morgan fingerprint density at radius 1 is 1.30 bits per heavy atom. The van der Waals surface area contributed by atoms with Crippen molar-refractivity contribution in [3.8, 4) is 0 Å². The molecule has 0 radical (unpaired) electrons. The Kier molecular flexibility index (Phi) is 5.29. The molecule has 0 atom stereocenters. The van der Waals surface area contributed by atoms with E-state index in [-0.39, 0.29) is 6.03 Å². The average Bonchev–Trinajstić information content (AvgIpc) is 2.94. The van der Waals surface area contributed by atoms with E-state index in [1.165, 1.54) is 7.11 Å². The number of ether oxygens (including phenoxy) is 1. The first kappa shape index (κ1) is 16.5. The van der Waals surface area contributed by atoms with Crippen LogP contribution in [-0.4, -0.2) is 35.8 Å². The maximum absolute atomic E-state index is 11.9. The van der Waals surface area contributed by atoms with Crippen LogP contribution in [-0.2, 0) is 11.2 Å². The molecular weight excluding hydrogens is 300 g/mol. The third-order valence-electron chi connectivity index (χ3n) is 3.09. The molecule has 2 aromatic rings. The molecular formula is C15H18N4O4. The molecule has 0 saturated heterocycles. The molecule has 8 nitrogen and oxygen atoms in total. The van der Waals surface area contributed by atoms with Gasteiger partial charge in [-0.2, -0.15) is 4.98 Å². The number of aryl methyl sites for hydroxylation is 2. The number of carbonyl (C=O) groups excluding carboxylic acids is 2. The summed E-state index contributed by atoms with van der Waals surface area (Å²) in [5.74, 6) is 0.617. The molecule has 0 bridgehead atoms. The zero-order valence-corrected chi connectivity index (χ0v) is 13.2. The number of benzene rings is 1. The van der Waals surface area contributed by atoms with Gasteiger partial charge in [0.05, 0.1) is 12.7 Å². The summed E-state index contributed by atoms with van der Waals surface area (Å²) in [5, 5.41) is 9.08. The van der Waals surface area contributed by atoms with Crippen molar-refractivity contribution < 1.29 is 18.8 Å². The first-order valence-electron chi connectivity index (χ1n) is 7.02. The van der Waals surface area contributed by atoms with Gasteiger partial charge in [0.2, 0.25) is 5.89 Å². The first-order chi connectivity index (χ1) is 11.0. The quantitative estimate of drug-likeness (QED) is 0.815. The van der Waals surface area contributed by atoms with Gasteiger partial charge in [-0.3, -0.25) is 0 Å². The van der Waals surface area contributed by atoms with E-state index in [0.717, 1.165) is 5.56 Å². The molecule has 23 heavy (non-hydrogen) atoms. The Balaban J connectivity index is 1.86. The van der Waals surface area contributed by atoms with Gasteiger partial charge in [-0.05, 0) is 37.6 Å². The number of amides is 2. The highest BCUT2D eigenvalue weighted by Gasteiger charge is 2.10. The standard InChI is InChI=1S/C15H18N4O4/c1-9-8-11(14(20)22-3)4-5-12(9)18-15(21)16-7-6-13-17-10(2)19-23-13/h4-5,8H,6-7H2,1-3H3,(H2,16,18,21). The summed E-state index contributed by atoms with van der Waals surface area (Å²) in [6, 6.07) is 4.55. The third kappa shape index (κ3) is 4.53. The fourth-order valence-corrected chi connectivity index (χ4v) is 1.94. The predicted molar refractivity (Wildman–Crippen MR) is 82.3 cm³/mol. The lowest BCUT2D eigenvalue weighted by Crippen LogP contribution is -2.30. The molecule has 2 amide bonds. The van der Waals surface area contributed by atoms with Gasteiger partial charge in [0.1, 0.15) is 0 Å². The van der Waals surface area contributed by atoms with Gasteiger partial charge < -0.3 is 19.9 Å². The summed E-state index contributed by atoms with van der Waals surface area (Å²) < 4.78 is 9.60. The molecule has 122 valence electrons. The molecule has 2 rings (SSSR count). The highest BCUT2D eigenvalue weighted by molar-refractivity contribution is 5.93. The van der Waals surface area contributed by atoms with Crippen molar-refractivity contribution >= 4 is 17.7 Å². The largest absolute Gasteiger partial charge is 0.465 e. The maximum Gasteiger partial charge on any atom is 0.337 e. The van der Waals surface area contributed by atoms with Crippen LogP contribution in [0.15, 0.2) is 22.7 Å². The summed E-state index contributed by atoms with van der Waals surface area (Å²) in [5.41, 5.74) is 1.81. The van der Waals surface area contributed by atoms with Crippen LogP contribution in [0, 0.1) is 13.8 Å². The molecule has 0 aliphatic carbocycles. The van der Waals surface area contributed by atoms with Gasteiger partial charge >= 0.3 is 12.0 Å². The zero-order valence-electron chi connectivity index (χ0n) is 13.2. The van der Waals surface area contributed by atoms with Crippen LogP contribution in [0.3, 0.4) is 0 Å². The van der Waals surface area contributed by atoms with E-state index < -0.39 is 5.97 Å². The fourth-order valence-electron chi connectivity index (χ4n) is 1.94. The van der Waals surface area contributed by atoms with Crippen molar-refractivity contribution in [2.75, 3.05) is 19.0 Å². The van der Waals surface area contributed by atoms with E-state index in [2.05, 4.69) is 25.5 Å². The Morgan fingerprint density at radius 2 is 2.09 bits per heavy atom. The lowest BCUT2D eigenvalue weighted by molar-refractivity contribution is 0.0600. The van der Waals surface area contributed by atoms with Crippen molar-refractivity contribution in [2.24, 2.45) is 0 Å². The molecule has 0 spiro atoms. The first-order valence-corrected chi connectivity index (χ1v) is 7.02. The van der Waals surface area contributed by atoms with Gasteiger partial charge in [0.15, 0.2) is 5.82 Å². The number of nitrogens with one attached hydrogen (secondary N) is 2. The summed E-state index contributed by atoms with van der Waals surface area (Å²) in [7, 11) is 1.32. The Morgan fingerprint density at radius 3 is 2.70 bits per heavy atom. The molecule has 0 saturated carbocycles. The Hall–Kier alpha value is -2.90. The molecule has 1 heterocycles. The predicted octanol–water partition coefficient (Wildman–Crippen LogP) is 1.84. The lowest BCUT2D eigenvalue weighted by Gasteiger charge is -2.10. The molecule has 0 unspecified atom stereocenters. The monoisotopic (exact) mass is 318 g/mol. The van der Waals surface area contributed by atoms with Gasteiger partial charge in [0.25, 0.3) is 0 Å². The number of urea groups is 1. The fraction of sp³-hybridized carbons (Fsp3) is 0.333. The van der Waals surface area contributed by atoms with Crippen molar-refractivity contribution in [2.45, 2.75) is 20.3 Å². The minimum absolute atomic E-state index is 0.352. The summed E-state index contributed by atoms with van der Waals surface area (Å²) >= 11 is 0. The maximum atomic E-state index is 11.9. The van der Waals surface area contributed by atoms with Crippen LogP contribution >= 0.6 is 0 Å². The molecule has 0 fully saturated rings. The molecule has 1 aromatic heterocycles. The minimum Gasteiger partial charge on any atom is -0.465 e. The van der Waals surface area contributed by atoms with Crippen LogP contribution in [0.25, 0.3) is 0 Å². The molecule has 0 aliphatic heterocycles. The van der Waals surface area contributed by atoms with Crippen LogP contribution in [0.4, 0.5) is 10.5 Å². The number of anilines is 1. The van der Waals surface area contributed by atoms with Crippen LogP contribution in [0.5, 0.6) is 0 Å². The Bertz CT molecular complexity index is 711. The van der Waals surface area contributed by atoms with Crippen molar-refractivity contribution in [3.63, 3.8) is 0 Å². The number of rotatable bonds is 5. The number of carbonyl (C=O) groups is 2. The van der Waals surface area contributed by atoms with Gasteiger partial charge in [-0.15, -0.1) is 0 Å². The highest BCUT2D eigenvalue weighted by atomic mass is 16.5. The van der Waals surface area contributed by atoms with Crippen molar-refractivity contribution in [1.82, 2.24) is 15.5 Å². The number of nitrogens with zero attached hydrogens (tertiary/aromatic N) is 2. The van der Waals surface area contributed by atoms with Crippen LogP contribution < -0.4 is 10.6 Å².